The Bertz CT molecular complexity index is 139. The normalized spacial score (nSPS) is 12.2. The molecule has 11 heavy (non-hydrogen) atoms. The number of nitrogens with zero attached hydrogens (tertiary/aromatic N) is 1. The molecule has 1 amide bonds. The van der Waals surface area contributed by atoms with Gasteiger partial charge in [-0.2, -0.15) is 4.91 Å². The van der Waals surface area contributed by atoms with Crippen molar-refractivity contribution in [1.82, 2.24) is 5.32 Å². The van der Waals surface area contributed by atoms with Crippen LogP contribution >= 0.6 is 0 Å². The van der Waals surface area contributed by atoms with Gasteiger partial charge in [-0.25, -0.2) is 0 Å². The molecule has 0 aliphatic rings. The Kier molecular flexibility index (Phi) is 5.22. The van der Waals surface area contributed by atoms with Gasteiger partial charge in [0, 0.05) is 6.54 Å². The molecule has 0 saturated heterocycles. The summed E-state index contributed by atoms with van der Waals surface area (Å²) >= 11 is 0. The Labute approximate surface area is 63.7 Å². The quantitative estimate of drug-likeness (QED) is 0.413. The lowest BCUT2D eigenvalue weighted by Crippen LogP contribution is -2.43. The van der Waals surface area contributed by atoms with Gasteiger partial charge in [-0.1, -0.05) is 5.18 Å². The van der Waals surface area contributed by atoms with E-state index in [-0.39, 0.29) is 19.7 Å². The van der Waals surface area contributed by atoms with Crippen LogP contribution < -0.4 is 11.1 Å². The van der Waals surface area contributed by atoms with Crippen LogP contribution in [0, 0.1) is 4.91 Å². The molecule has 0 aromatic heterocycles. The zero-order valence-electron chi connectivity index (χ0n) is 5.99. The first-order valence-electron chi connectivity index (χ1n) is 3.15. The van der Waals surface area contributed by atoms with Crippen molar-refractivity contribution in [2.75, 3.05) is 19.7 Å². The van der Waals surface area contributed by atoms with Crippen LogP contribution in [0.3, 0.4) is 0 Å². The van der Waals surface area contributed by atoms with E-state index >= 15 is 0 Å². The maximum atomic E-state index is 10.7. The standard InChI is InChI=1S/C5H11N3O3/c6-4(3-8-11)5(10)7-1-2-9/h4,9H,1-3,6H2,(H,7,10). The number of nitroso groups, excluding NO2 is 1. The minimum atomic E-state index is -0.904. The van der Waals surface area contributed by atoms with Crippen LogP contribution in [-0.2, 0) is 4.79 Å². The smallest absolute Gasteiger partial charge is 0.239 e. The molecule has 0 heterocycles. The monoisotopic (exact) mass is 161 g/mol. The maximum absolute atomic E-state index is 10.7. The molecule has 4 N–H and O–H groups in total. The highest BCUT2D eigenvalue weighted by molar-refractivity contribution is 5.81. The van der Waals surface area contributed by atoms with Gasteiger partial charge in [0.05, 0.1) is 6.61 Å². The number of nitrogens with two attached hydrogens (primary N) is 1. The van der Waals surface area contributed by atoms with E-state index in [9.17, 15) is 9.70 Å². The van der Waals surface area contributed by atoms with Gasteiger partial charge in [-0.05, 0) is 0 Å². The zero-order valence-corrected chi connectivity index (χ0v) is 5.99. The average Bonchev–Trinajstić information content (AvgIpc) is 2.00. The van der Waals surface area contributed by atoms with Crippen molar-refractivity contribution in [3.63, 3.8) is 0 Å². The molecule has 6 heteroatoms. The molecular formula is C5H11N3O3. The van der Waals surface area contributed by atoms with Gasteiger partial charge in [0.1, 0.15) is 12.6 Å². The van der Waals surface area contributed by atoms with Gasteiger partial charge in [0.15, 0.2) is 0 Å². The van der Waals surface area contributed by atoms with E-state index in [1.54, 1.807) is 0 Å². The summed E-state index contributed by atoms with van der Waals surface area (Å²) in [6.07, 6.45) is 0. The van der Waals surface area contributed by atoms with Crippen molar-refractivity contribution >= 4 is 5.91 Å². The molecular weight excluding hydrogens is 150 g/mol. The molecule has 0 radical (unpaired) electrons. The Balaban J connectivity index is 3.54. The second kappa shape index (κ2) is 5.75. The molecule has 0 spiro atoms. The van der Waals surface area contributed by atoms with Crippen molar-refractivity contribution in [3.8, 4) is 0 Å². The predicted molar refractivity (Wildman–Crippen MR) is 38.7 cm³/mol. The molecule has 6 nitrogen and oxygen atoms in total. The zero-order chi connectivity index (χ0) is 8.69. The highest BCUT2D eigenvalue weighted by atomic mass is 16.3. The van der Waals surface area contributed by atoms with E-state index in [4.69, 9.17) is 10.8 Å². The van der Waals surface area contributed by atoms with Gasteiger partial charge in [-0.3, -0.25) is 4.79 Å². The minimum absolute atomic E-state index is 0.144. The maximum Gasteiger partial charge on any atom is 0.239 e. The van der Waals surface area contributed by atoms with E-state index in [2.05, 4.69) is 10.5 Å². The van der Waals surface area contributed by atoms with E-state index in [1.807, 2.05) is 0 Å². The molecule has 0 rings (SSSR count). The van der Waals surface area contributed by atoms with Crippen LogP contribution in [0.5, 0.6) is 0 Å². The van der Waals surface area contributed by atoms with Crippen molar-refractivity contribution in [2.24, 2.45) is 10.9 Å². The van der Waals surface area contributed by atoms with E-state index in [1.165, 1.54) is 0 Å². The summed E-state index contributed by atoms with van der Waals surface area (Å²) in [6.45, 7) is -0.240. The lowest BCUT2D eigenvalue weighted by Gasteiger charge is -2.06. The molecule has 0 aliphatic heterocycles. The third kappa shape index (κ3) is 4.40. The first-order valence-corrected chi connectivity index (χ1v) is 3.15. The summed E-state index contributed by atoms with van der Waals surface area (Å²) < 4.78 is 0. The first kappa shape index (κ1) is 9.99. The minimum Gasteiger partial charge on any atom is -0.395 e. The highest BCUT2D eigenvalue weighted by Gasteiger charge is 2.11. The number of aliphatic hydroxyl groups is 1. The van der Waals surface area contributed by atoms with E-state index in [0.29, 0.717) is 0 Å². The summed E-state index contributed by atoms with van der Waals surface area (Å²) in [5.41, 5.74) is 5.18. The number of amides is 1. The van der Waals surface area contributed by atoms with Crippen LogP contribution in [0.2, 0.25) is 0 Å². The molecule has 0 aromatic rings. The Hall–Kier alpha value is -1.01. The molecule has 0 saturated carbocycles. The molecule has 0 fully saturated rings. The Morgan fingerprint density at radius 3 is 2.82 bits per heavy atom. The number of carbonyl (C=O) groups is 1. The lowest BCUT2D eigenvalue weighted by molar-refractivity contribution is -0.122. The topological polar surface area (TPSA) is 105 Å². The summed E-state index contributed by atoms with van der Waals surface area (Å²) in [6, 6.07) is -0.904. The number of carbonyl (C=O) groups excluding carboxylic acids is 1. The third-order valence-electron chi connectivity index (χ3n) is 1.02. The van der Waals surface area contributed by atoms with Crippen molar-refractivity contribution in [2.45, 2.75) is 6.04 Å². The van der Waals surface area contributed by atoms with E-state index < -0.39 is 11.9 Å². The predicted octanol–water partition coefficient (Wildman–Crippen LogP) is -1.81. The third-order valence-corrected chi connectivity index (χ3v) is 1.02. The van der Waals surface area contributed by atoms with Crippen molar-refractivity contribution in [1.29, 1.82) is 0 Å². The van der Waals surface area contributed by atoms with Gasteiger partial charge < -0.3 is 16.2 Å². The summed E-state index contributed by atoms with van der Waals surface area (Å²) in [7, 11) is 0. The fraction of sp³-hybridized carbons (Fsp3) is 0.800. The van der Waals surface area contributed by atoms with Crippen molar-refractivity contribution in [3.05, 3.63) is 4.91 Å². The van der Waals surface area contributed by atoms with Crippen LogP contribution in [0.1, 0.15) is 0 Å². The van der Waals surface area contributed by atoms with Gasteiger partial charge >= 0.3 is 0 Å². The molecule has 0 aliphatic carbocycles. The summed E-state index contributed by atoms with van der Waals surface area (Å²) in [5, 5.41) is 13.1. The number of hydrogen-bond acceptors (Lipinski definition) is 5. The van der Waals surface area contributed by atoms with Gasteiger partial charge in [0.25, 0.3) is 0 Å². The summed E-state index contributed by atoms with van der Waals surface area (Å²) in [4.78, 5) is 20.4. The Morgan fingerprint density at radius 2 is 2.36 bits per heavy atom. The van der Waals surface area contributed by atoms with Crippen LogP contribution in [-0.4, -0.2) is 36.8 Å². The largest absolute Gasteiger partial charge is 0.395 e. The fourth-order valence-corrected chi connectivity index (χ4v) is 0.473. The number of hydrogen-bond donors (Lipinski definition) is 3. The molecule has 1 unspecified atom stereocenters. The van der Waals surface area contributed by atoms with Gasteiger partial charge in [0.2, 0.25) is 5.91 Å². The second-order valence-electron chi connectivity index (χ2n) is 1.93. The average molecular weight is 161 g/mol. The molecule has 0 aromatic carbocycles. The van der Waals surface area contributed by atoms with Gasteiger partial charge in [-0.15, -0.1) is 0 Å². The lowest BCUT2D eigenvalue weighted by atomic mass is 10.3. The number of rotatable bonds is 5. The molecule has 1 atom stereocenters. The van der Waals surface area contributed by atoms with Crippen molar-refractivity contribution < 1.29 is 9.90 Å². The van der Waals surface area contributed by atoms with Crippen LogP contribution in [0.25, 0.3) is 0 Å². The number of aliphatic hydroxyl groups excluding tert-OH is 1. The fourth-order valence-electron chi connectivity index (χ4n) is 0.473. The highest BCUT2D eigenvalue weighted by Crippen LogP contribution is 1.79. The van der Waals surface area contributed by atoms with Crippen LogP contribution in [0.15, 0.2) is 5.18 Å². The second-order valence-corrected chi connectivity index (χ2v) is 1.93. The first-order chi connectivity index (χ1) is 5.22. The SMILES string of the molecule is NC(CN=O)C(=O)NCCO. The molecule has 0 bridgehead atoms. The Morgan fingerprint density at radius 1 is 1.73 bits per heavy atom. The number of nitrogens with one attached hydrogen (secondary N) is 1. The summed E-state index contributed by atoms with van der Waals surface area (Å²) in [5.74, 6) is -0.473. The molecule has 64 valence electrons. The van der Waals surface area contributed by atoms with E-state index in [0.717, 1.165) is 0 Å². The van der Waals surface area contributed by atoms with Crippen LogP contribution in [0.4, 0.5) is 0 Å².